The molecule has 0 saturated carbocycles. The normalized spacial score (nSPS) is 17.9. The Morgan fingerprint density at radius 2 is 2.40 bits per heavy atom. The number of fused-ring (bicyclic) bond motifs is 1. The summed E-state index contributed by atoms with van der Waals surface area (Å²) in [5.74, 6) is -0.0424. The van der Waals surface area contributed by atoms with Crippen molar-refractivity contribution < 1.29 is 4.79 Å². The second kappa shape index (κ2) is 6.72. The molecule has 2 aromatic heterocycles. The van der Waals surface area contributed by atoms with E-state index in [0.29, 0.717) is 18.2 Å². The molecule has 3 heterocycles. The average Bonchev–Trinajstić information content (AvgIpc) is 3.07. The van der Waals surface area contributed by atoms with Crippen LogP contribution >= 0.6 is 12.4 Å². The smallest absolute Gasteiger partial charge is 0.255 e. The first kappa shape index (κ1) is 14.8. The number of pyridine rings is 1. The molecule has 1 atom stereocenters. The molecule has 0 aromatic carbocycles. The minimum atomic E-state index is -0.0424. The Hall–Kier alpha value is -1.59. The Balaban J connectivity index is 0.00000147. The first-order valence-corrected chi connectivity index (χ1v) is 6.78. The Labute approximate surface area is 124 Å². The summed E-state index contributed by atoms with van der Waals surface area (Å²) in [7, 11) is 0. The number of hydrogen-bond donors (Lipinski definition) is 2. The van der Waals surface area contributed by atoms with Crippen molar-refractivity contribution in [2.45, 2.75) is 25.3 Å². The van der Waals surface area contributed by atoms with Gasteiger partial charge in [-0.05, 0) is 37.9 Å². The van der Waals surface area contributed by atoms with Crippen molar-refractivity contribution in [1.29, 1.82) is 0 Å². The van der Waals surface area contributed by atoms with Gasteiger partial charge in [-0.25, -0.2) is 4.52 Å². The van der Waals surface area contributed by atoms with Crippen molar-refractivity contribution in [3.63, 3.8) is 0 Å². The Morgan fingerprint density at radius 1 is 1.50 bits per heavy atom. The van der Waals surface area contributed by atoms with E-state index in [1.807, 2.05) is 24.4 Å². The molecule has 2 N–H and O–H groups in total. The molecular weight excluding hydrogens is 276 g/mol. The maximum atomic E-state index is 12.1. The number of rotatable bonds is 4. The van der Waals surface area contributed by atoms with E-state index in [1.165, 1.54) is 12.8 Å². The lowest BCUT2D eigenvalue weighted by Gasteiger charge is -2.10. The summed E-state index contributed by atoms with van der Waals surface area (Å²) in [5.41, 5.74) is 1.49. The molecular formula is C14H19ClN4O. The number of nitrogens with zero attached hydrogens (tertiary/aromatic N) is 2. The Kier molecular flexibility index (Phi) is 4.98. The molecule has 1 aliphatic rings. The van der Waals surface area contributed by atoms with Gasteiger partial charge in [0, 0.05) is 18.8 Å². The first-order chi connectivity index (χ1) is 9.34. The van der Waals surface area contributed by atoms with Crippen LogP contribution in [0.25, 0.3) is 5.52 Å². The zero-order valence-electron chi connectivity index (χ0n) is 11.2. The van der Waals surface area contributed by atoms with Crippen LogP contribution in [0.4, 0.5) is 0 Å². The lowest BCUT2D eigenvalue weighted by atomic mass is 10.1. The summed E-state index contributed by atoms with van der Waals surface area (Å²) < 4.78 is 1.72. The van der Waals surface area contributed by atoms with Crippen molar-refractivity contribution >= 4 is 23.8 Å². The van der Waals surface area contributed by atoms with E-state index >= 15 is 0 Å². The number of carbonyl (C=O) groups is 1. The van der Waals surface area contributed by atoms with E-state index in [0.717, 1.165) is 18.5 Å². The standard InChI is InChI=1S/C14H18N4O.ClH/c19-14(16-8-6-11-4-3-7-15-11)12-10-17-18-9-2-1-5-13(12)18;/h1-2,5,9-11,15H,3-4,6-8H2,(H,16,19);1H/t11-;/m1./s1. The van der Waals surface area contributed by atoms with E-state index in [9.17, 15) is 4.79 Å². The summed E-state index contributed by atoms with van der Waals surface area (Å²) in [5, 5.41) is 10.6. The van der Waals surface area contributed by atoms with E-state index in [1.54, 1.807) is 10.7 Å². The average molecular weight is 295 g/mol. The van der Waals surface area contributed by atoms with Crippen LogP contribution in [0.1, 0.15) is 29.6 Å². The third-order valence-corrected chi connectivity index (χ3v) is 3.61. The van der Waals surface area contributed by atoms with Crippen LogP contribution in [-0.2, 0) is 0 Å². The molecule has 0 bridgehead atoms. The lowest BCUT2D eigenvalue weighted by Crippen LogP contribution is -2.30. The van der Waals surface area contributed by atoms with Gasteiger partial charge in [-0.15, -0.1) is 12.4 Å². The van der Waals surface area contributed by atoms with E-state index in [2.05, 4.69) is 15.7 Å². The lowest BCUT2D eigenvalue weighted by molar-refractivity contribution is 0.0954. The maximum absolute atomic E-state index is 12.1. The summed E-state index contributed by atoms with van der Waals surface area (Å²) in [6, 6.07) is 6.27. The fraction of sp³-hybridized carbons (Fsp3) is 0.429. The molecule has 1 amide bonds. The van der Waals surface area contributed by atoms with Gasteiger partial charge in [-0.1, -0.05) is 6.07 Å². The molecule has 1 saturated heterocycles. The minimum absolute atomic E-state index is 0. The molecule has 0 aliphatic carbocycles. The highest BCUT2D eigenvalue weighted by molar-refractivity contribution is 6.00. The summed E-state index contributed by atoms with van der Waals surface area (Å²) in [4.78, 5) is 12.1. The number of halogens is 1. The van der Waals surface area contributed by atoms with Crippen molar-refractivity contribution in [3.05, 3.63) is 36.2 Å². The van der Waals surface area contributed by atoms with Gasteiger partial charge in [0.1, 0.15) is 0 Å². The largest absolute Gasteiger partial charge is 0.352 e. The number of nitrogens with one attached hydrogen (secondary N) is 2. The third-order valence-electron chi connectivity index (χ3n) is 3.61. The van der Waals surface area contributed by atoms with E-state index in [-0.39, 0.29) is 18.3 Å². The molecule has 2 aromatic rings. The van der Waals surface area contributed by atoms with Crippen LogP contribution in [0.2, 0.25) is 0 Å². The van der Waals surface area contributed by atoms with Crippen molar-refractivity contribution in [2.24, 2.45) is 0 Å². The fourth-order valence-electron chi connectivity index (χ4n) is 2.57. The van der Waals surface area contributed by atoms with Crippen LogP contribution in [0.3, 0.4) is 0 Å². The third kappa shape index (κ3) is 3.11. The van der Waals surface area contributed by atoms with Crippen molar-refractivity contribution in [1.82, 2.24) is 20.2 Å². The molecule has 1 fully saturated rings. The van der Waals surface area contributed by atoms with Gasteiger partial charge >= 0.3 is 0 Å². The highest BCUT2D eigenvalue weighted by Crippen LogP contribution is 2.10. The minimum Gasteiger partial charge on any atom is -0.352 e. The maximum Gasteiger partial charge on any atom is 0.255 e. The van der Waals surface area contributed by atoms with Gasteiger partial charge in [0.05, 0.1) is 17.3 Å². The SMILES string of the molecule is Cl.O=C(NCC[C@H]1CCCN1)c1cnn2ccccc12. The molecule has 20 heavy (non-hydrogen) atoms. The number of amides is 1. The molecule has 108 valence electrons. The number of hydrogen-bond acceptors (Lipinski definition) is 3. The van der Waals surface area contributed by atoms with Crippen LogP contribution in [0.15, 0.2) is 30.6 Å². The highest BCUT2D eigenvalue weighted by Gasteiger charge is 2.15. The molecule has 3 rings (SSSR count). The first-order valence-electron chi connectivity index (χ1n) is 6.78. The second-order valence-corrected chi connectivity index (χ2v) is 4.93. The molecule has 5 nitrogen and oxygen atoms in total. The predicted molar refractivity (Wildman–Crippen MR) is 80.4 cm³/mol. The highest BCUT2D eigenvalue weighted by atomic mass is 35.5. The summed E-state index contributed by atoms with van der Waals surface area (Å²) in [6.45, 7) is 1.81. The zero-order chi connectivity index (χ0) is 13.1. The summed E-state index contributed by atoms with van der Waals surface area (Å²) >= 11 is 0. The molecule has 6 heteroatoms. The summed E-state index contributed by atoms with van der Waals surface area (Å²) in [6.07, 6.45) is 6.91. The van der Waals surface area contributed by atoms with E-state index < -0.39 is 0 Å². The van der Waals surface area contributed by atoms with Gasteiger partial charge in [-0.3, -0.25) is 4.79 Å². The van der Waals surface area contributed by atoms with Crippen LogP contribution in [0.5, 0.6) is 0 Å². The van der Waals surface area contributed by atoms with Gasteiger partial charge in [0.25, 0.3) is 5.91 Å². The number of aromatic nitrogens is 2. The second-order valence-electron chi connectivity index (χ2n) is 4.93. The van der Waals surface area contributed by atoms with Gasteiger partial charge in [-0.2, -0.15) is 5.10 Å². The van der Waals surface area contributed by atoms with Crippen molar-refractivity contribution in [3.8, 4) is 0 Å². The monoisotopic (exact) mass is 294 g/mol. The van der Waals surface area contributed by atoms with Crippen LogP contribution in [-0.4, -0.2) is 34.7 Å². The van der Waals surface area contributed by atoms with Crippen LogP contribution in [0, 0.1) is 0 Å². The predicted octanol–water partition coefficient (Wildman–Crippen LogP) is 1.63. The van der Waals surface area contributed by atoms with Gasteiger partial charge in [0.2, 0.25) is 0 Å². The number of carbonyl (C=O) groups excluding carboxylic acids is 1. The topological polar surface area (TPSA) is 58.4 Å². The Bertz CT molecular complexity index is 577. The van der Waals surface area contributed by atoms with Crippen molar-refractivity contribution in [2.75, 3.05) is 13.1 Å². The van der Waals surface area contributed by atoms with E-state index in [4.69, 9.17) is 0 Å². The Morgan fingerprint density at radius 3 is 3.20 bits per heavy atom. The van der Waals surface area contributed by atoms with Gasteiger partial charge < -0.3 is 10.6 Å². The molecule has 0 spiro atoms. The molecule has 0 unspecified atom stereocenters. The molecule has 1 aliphatic heterocycles. The zero-order valence-corrected chi connectivity index (χ0v) is 12.0. The van der Waals surface area contributed by atoms with Crippen LogP contribution < -0.4 is 10.6 Å². The quantitative estimate of drug-likeness (QED) is 0.901. The molecule has 0 radical (unpaired) electrons. The van der Waals surface area contributed by atoms with Gasteiger partial charge in [0.15, 0.2) is 0 Å². The fourth-order valence-corrected chi connectivity index (χ4v) is 2.57.